The Morgan fingerprint density at radius 1 is 0.798 bits per heavy atom. The van der Waals surface area contributed by atoms with E-state index in [1.807, 2.05) is 106 Å². The lowest BCUT2D eigenvalue weighted by Crippen LogP contribution is -2.39. The Bertz CT molecular complexity index is 3710. The van der Waals surface area contributed by atoms with Crippen molar-refractivity contribution in [1.82, 2.24) is 39.0 Å². The number of H-pyrrole nitrogens is 1. The van der Waals surface area contributed by atoms with Crippen molar-refractivity contribution >= 4 is 64.4 Å². The summed E-state index contributed by atoms with van der Waals surface area (Å²) in [4.78, 5) is 64.1. The molecule has 84 heavy (non-hydrogen) atoms. The molecular formula is C59H64N11O12PS. The zero-order valence-corrected chi connectivity index (χ0v) is 48.9. The van der Waals surface area contributed by atoms with Gasteiger partial charge in [0, 0.05) is 24.3 Å². The molecule has 23 nitrogen and oxygen atoms in total. The number of hydrogen-bond acceptors (Lipinski definition) is 19. The molecule has 2 aliphatic rings. The monoisotopic (exact) mass is 1180 g/mol. The predicted octanol–water partition coefficient (Wildman–Crippen LogP) is 8.74. The molecule has 4 aromatic heterocycles. The Kier molecular flexibility index (Phi) is 17.8. The molecule has 0 saturated carbocycles. The molecule has 2 amide bonds. The van der Waals surface area contributed by atoms with Gasteiger partial charge in [0.05, 0.1) is 70.9 Å². The molecule has 0 bridgehead atoms. The Morgan fingerprint density at radius 3 is 2.01 bits per heavy atom. The van der Waals surface area contributed by atoms with E-state index in [1.165, 1.54) is 17.2 Å². The highest BCUT2D eigenvalue weighted by atomic mass is 32.5. The fraction of sp³-hybridized carbons (Fsp3) is 0.373. The summed E-state index contributed by atoms with van der Waals surface area (Å²) in [6.07, 6.45) is -2.40. The molecule has 2 aliphatic heterocycles. The number of nitrogens with zero attached hydrogens (tertiary/aromatic N) is 8. The lowest BCUT2D eigenvalue weighted by molar-refractivity contribution is -0.118. The van der Waals surface area contributed by atoms with E-state index in [0.29, 0.717) is 28.2 Å². The first-order valence-corrected chi connectivity index (χ1v) is 29.7. The lowest BCUT2D eigenvalue weighted by atomic mass is 9.80. The molecular weight excluding hydrogens is 1120 g/mol. The number of imidazole rings is 2. The SMILES string of the molecule is COc1ccc(C(OC[C@H]2O[C@@H](n3cnc4c(NC(=O)c5ccccc5)ncnc43)C[C@@H]2OP(=S)(OC[C@H]2O[C@@H](n3cnc4c(=O)[nH]c(NC(=O)C(C)C)nc43)C[C@@H]2O)OC(CC#N)C(C)(C)C)(c2ccccc2)c2ccc(OC)cc2)cc1. The van der Waals surface area contributed by atoms with E-state index in [4.69, 9.17) is 49.1 Å². The molecule has 2 saturated heterocycles. The van der Waals surface area contributed by atoms with Gasteiger partial charge in [-0.15, -0.1) is 0 Å². The van der Waals surface area contributed by atoms with Crippen LogP contribution in [0.3, 0.4) is 0 Å². The van der Waals surface area contributed by atoms with Gasteiger partial charge in [0.2, 0.25) is 11.9 Å². The molecule has 0 spiro atoms. The van der Waals surface area contributed by atoms with Gasteiger partial charge >= 0.3 is 6.72 Å². The molecule has 2 unspecified atom stereocenters. The number of methoxy groups -OCH3 is 2. The maximum atomic E-state index is 13.4. The highest BCUT2D eigenvalue weighted by Crippen LogP contribution is 2.57. The number of ether oxygens (including phenoxy) is 5. The average molecular weight is 1180 g/mol. The zero-order chi connectivity index (χ0) is 59.3. The molecule has 0 radical (unpaired) electrons. The molecule has 25 heteroatoms. The number of rotatable bonds is 22. The number of aliphatic hydroxyl groups excluding tert-OH is 1. The number of aliphatic hydroxyl groups is 1. The third kappa shape index (κ3) is 12.7. The van der Waals surface area contributed by atoms with Crippen molar-refractivity contribution in [2.45, 2.75) is 102 Å². The van der Waals surface area contributed by atoms with Crippen LogP contribution < -0.4 is 25.7 Å². The van der Waals surface area contributed by atoms with E-state index >= 15 is 0 Å². The fourth-order valence-corrected chi connectivity index (χ4v) is 12.6. The van der Waals surface area contributed by atoms with Gasteiger partial charge in [0.1, 0.15) is 48.1 Å². The van der Waals surface area contributed by atoms with Crippen molar-refractivity contribution in [2.24, 2.45) is 11.3 Å². The number of amides is 2. The number of aromatic amines is 1. The van der Waals surface area contributed by atoms with Crippen LogP contribution in [-0.4, -0.2) is 114 Å². The van der Waals surface area contributed by atoms with Gasteiger partial charge in [-0.2, -0.15) is 10.2 Å². The van der Waals surface area contributed by atoms with E-state index in [9.17, 15) is 24.8 Å². The third-order valence-corrected chi connectivity index (χ3v) is 17.0. The average Bonchev–Trinajstić information content (AvgIpc) is 1.44. The highest BCUT2D eigenvalue weighted by Gasteiger charge is 2.47. The van der Waals surface area contributed by atoms with Crippen LogP contribution in [0.4, 0.5) is 11.8 Å². The van der Waals surface area contributed by atoms with Crippen LogP contribution in [0, 0.1) is 22.7 Å². The molecule has 6 heterocycles. The van der Waals surface area contributed by atoms with E-state index in [1.54, 1.807) is 63.2 Å². The number of benzene rings is 4. The van der Waals surface area contributed by atoms with Crippen LogP contribution in [0.25, 0.3) is 22.3 Å². The minimum absolute atomic E-state index is 0.00520. The van der Waals surface area contributed by atoms with Crippen molar-refractivity contribution in [3.05, 3.63) is 161 Å². The zero-order valence-electron chi connectivity index (χ0n) is 47.1. The number of nitriles is 1. The van der Waals surface area contributed by atoms with Gasteiger partial charge in [0.15, 0.2) is 28.1 Å². The van der Waals surface area contributed by atoms with E-state index in [-0.39, 0.29) is 61.3 Å². The first kappa shape index (κ1) is 59.3. The van der Waals surface area contributed by atoms with E-state index in [2.05, 4.69) is 46.6 Å². The summed E-state index contributed by atoms with van der Waals surface area (Å²) in [6.45, 7) is 4.58. The molecule has 10 rings (SSSR count). The first-order valence-electron chi connectivity index (χ1n) is 27.2. The van der Waals surface area contributed by atoms with Gasteiger partial charge < -0.3 is 47.7 Å². The molecule has 438 valence electrons. The maximum Gasteiger partial charge on any atom is 0.327 e. The van der Waals surface area contributed by atoms with Crippen LogP contribution >= 0.6 is 6.72 Å². The van der Waals surface area contributed by atoms with Crippen molar-refractivity contribution in [3.63, 3.8) is 0 Å². The van der Waals surface area contributed by atoms with Crippen molar-refractivity contribution in [3.8, 4) is 17.6 Å². The Balaban J connectivity index is 1.01. The molecule has 8 aromatic rings. The van der Waals surface area contributed by atoms with Crippen LogP contribution in [0.15, 0.2) is 133 Å². The molecule has 2 fully saturated rings. The van der Waals surface area contributed by atoms with Crippen molar-refractivity contribution < 1.29 is 52.0 Å². The van der Waals surface area contributed by atoms with Gasteiger partial charge in [-0.3, -0.25) is 33.8 Å². The summed E-state index contributed by atoms with van der Waals surface area (Å²) in [7, 11) is 3.20. The maximum absolute atomic E-state index is 13.4. The largest absolute Gasteiger partial charge is 0.497 e. The summed E-state index contributed by atoms with van der Waals surface area (Å²) in [5.41, 5.74) is 0.919. The Morgan fingerprint density at radius 2 is 1.39 bits per heavy atom. The second kappa shape index (κ2) is 25.2. The standard InChI is InChI=1S/C59H64N11O12PS/c1-35(2)54(72)67-57-66-53-50(56(74)68-57)64-34-70(53)47-28-42(71)44(79-47)31-78-83(84,82-46(26-27-60)58(3,4)5)81-43-29-48(69-33-63-49-51(61-32-62-52(49)69)65-55(73)36-14-10-8-11-15-36)80-45(43)30-77-59(37-16-12-9-13-17-37,38-18-22-40(75-6)23-19-38)39-20-24-41(76-7)25-21-39/h8-25,32-35,42-48,71H,26,28-31H2,1-7H3,(H,61,62,65,73)(H2,66,67,68,72,74)/t42-,43-,44+,45+,46?,47+,48+,83?/m0/s1. The second-order valence-corrected chi connectivity index (χ2v) is 24.5. The van der Waals surface area contributed by atoms with Gasteiger partial charge in [0.25, 0.3) is 11.5 Å². The number of fused-ring (bicyclic) bond motifs is 2. The Hall–Kier alpha value is -7.82. The van der Waals surface area contributed by atoms with E-state index in [0.717, 1.165) is 16.7 Å². The van der Waals surface area contributed by atoms with Gasteiger partial charge in [-0.1, -0.05) is 107 Å². The summed E-state index contributed by atoms with van der Waals surface area (Å²) < 4.78 is 55.9. The highest BCUT2D eigenvalue weighted by molar-refractivity contribution is 8.07. The molecule has 8 atom stereocenters. The minimum atomic E-state index is -4.07. The Labute approximate surface area is 488 Å². The topological polar surface area (TPSA) is 283 Å². The molecule has 4 N–H and O–H groups in total. The van der Waals surface area contributed by atoms with Crippen LogP contribution in [-0.2, 0) is 50.0 Å². The third-order valence-electron chi connectivity index (χ3n) is 14.6. The van der Waals surface area contributed by atoms with Crippen molar-refractivity contribution in [2.75, 3.05) is 38.1 Å². The first-order chi connectivity index (χ1) is 40.4. The molecule has 4 aromatic carbocycles. The normalized spacial score (nSPS) is 20.1. The number of nitrogens with one attached hydrogen (secondary N) is 3. The quantitative estimate of drug-likeness (QED) is 0.0364. The van der Waals surface area contributed by atoms with Gasteiger partial charge in [-0.05, 0) is 70.3 Å². The summed E-state index contributed by atoms with van der Waals surface area (Å²) in [5, 5.41) is 27.3. The smallest absolute Gasteiger partial charge is 0.327 e. The predicted molar refractivity (Wildman–Crippen MR) is 312 cm³/mol. The second-order valence-electron chi connectivity index (χ2n) is 21.6. The van der Waals surface area contributed by atoms with Crippen LogP contribution in [0.5, 0.6) is 11.5 Å². The minimum Gasteiger partial charge on any atom is -0.497 e. The van der Waals surface area contributed by atoms with Crippen LogP contribution in [0.2, 0.25) is 0 Å². The van der Waals surface area contributed by atoms with Gasteiger partial charge in [-0.25, -0.2) is 19.9 Å². The summed E-state index contributed by atoms with van der Waals surface area (Å²) in [6, 6.07) is 35.9. The van der Waals surface area contributed by atoms with E-state index < -0.39 is 78.1 Å². The summed E-state index contributed by atoms with van der Waals surface area (Å²) in [5.74, 6) is 0.232. The van der Waals surface area contributed by atoms with Crippen LogP contribution in [0.1, 0.15) is 93.4 Å². The summed E-state index contributed by atoms with van der Waals surface area (Å²) >= 11 is 6.43. The number of anilines is 2. The number of hydrogen-bond donors (Lipinski definition) is 4. The lowest BCUT2D eigenvalue weighted by Gasteiger charge is -2.38. The van der Waals surface area contributed by atoms with Crippen molar-refractivity contribution in [1.29, 1.82) is 5.26 Å². The fourth-order valence-electron chi connectivity index (χ4n) is 9.99. The number of aromatic nitrogens is 8. The molecule has 0 aliphatic carbocycles. The number of carbonyl (C=O) groups excluding carboxylic acids is 2. The number of carbonyl (C=O) groups is 2.